The van der Waals surface area contributed by atoms with Gasteiger partial charge >= 0.3 is 0 Å². The van der Waals surface area contributed by atoms with Gasteiger partial charge in [-0.15, -0.1) is 0 Å². The molecule has 2 aromatic carbocycles. The van der Waals surface area contributed by atoms with E-state index in [-0.39, 0.29) is 5.66 Å². The van der Waals surface area contributed by atoms with Crippen molar-refractivity contribution in [3.05, 3.63) is 71.8 Å². The maximum absolute atomic E-state index is 7.00. The van der Waals surface area contributed by atoms with E-state index < -0.39 is 0 Å². The van der Waals surface area contributed by atoms with Crippen molar-refractivity contribution >= 4 is 0 Å². The standard InChI is InChI=1S/C13H12.C6H14N2.CH4O/c1-3-7-12(8-4-1)11-13-9-5-2-6-10-13;1-6(2)7-4-5-8(6)3;1-2/h1-10H,11H2;7H,4-5H2,1-3H3;2H,1H3. The van der Waals surface area contributed by atoms with Crippen LogP contribution in [0, 0.1) is 0 Å². The van der Waals surface area contributed by atoms with Crippen molar-refractivity contribution in [2.45, 2.75) is 25.9 Å². The highest BCUT2D eigenvalue weighted by Gasteiger charge is 2.27. The Morgan fingerprint density at radius 3 is 1.61 bits per heavy atom. The SMILES string of the molecule is CN1CCNC1(C)C.CO.c1ccc(Cc2ccccc2)cc1. The van der Waals surface area contributed by atoms with Crippen LogP contribution in [0.15, 0.2) is 60.7 Å². The molecular weight excluding hydrogens is 284 g/mol. The molecule has 1 aliphatic heterocycles. The predicted molar refractivity (Wildman–Crippen MR) is 98.5 cm³/mol. The zero-order valence-electron chi connectivity index (χ0n) is 14.8. The molecule has 3 nitrogen and oxygen atoms in total. The first-order valence-corrected chi connectivity index (χ1v) is 8.07. The highest BCUT2D eigenvalue weighted by atomic mass is 16.2. The number of hydrogen-bond acceptors (Lipinski definition) is 3. The van der Waals surface area contributed by atoms with Crippen LogP contribution in [0.4, 0.5) is 0 Å². The Morgan fingerprint density at radius 2 is 1.35 bits per heavy atom. The van der Waals surface area contributed by atoms with Gasteiger partial charge in [-0.3, -0.25) is 10.2 Å². The van der Waals surface area contributed by atoms with Crippen LogP contribution in [-0.2, 0) is 6.42 Å². The zero-order chi connectivity index (χ0) is 17.1. The number of aliphatic hydroxyl groups excluding tert-OH is 1. The van der Waals surface area contributed by atoms with Gasteiger partial charge in [0.05, 0.1) is 5.66 Å². The van der Waals surface area contributed by atoms with Crippen molar-refractivity contribution in [3.63, 3.8) is 0 Å². The minimum atomic E-state index is 0.236. The lowest BCUT2D eigenvalue weighted by Crippen LogP contribution is -2.43. The molecule has 0 amide bonds. The van der Waals surface area contributed by atoms with Gasteiger partial charge in [0, 0.05) is 20.2 Å². The maximum Gasteiger partial charge on any atom is 0.0652 e. The number of nitrogens with one attached hydrogen (secondary N) is 1. The molecule has 2 N–H and O–H groups in total. The fourth-order valence-corrected chi connectivity index (χ4v) is 2.37. The number of aliphatic hydroxyl groups is 1. The molecule has 0 atom stereocenters. The lowest BCUT2D eigenvalue weighted by Gasteiger charge is -2.26. The summed E-state index contributed by atoms with van der Waals surface area (Å²) in [5.74, 6) is 0. The van der Waals surface area contributed by atoms with Gasteiger partial charge in [0.2, 0.25) is 0 Å². The average molecular weight is 314 g/mol. The topological polar surface area (TPSA) is 35.5 Å². The van der Waals surface area contributed by atoms with Crippen LogP contribution in [-0.4, -0.2) is 42.9 Å². The predicted octanol–water partition coefficient (Wildman–Crippen LogP) is 3.14. The molecule has 126 valence electrons. The number of benzene rings is 2. The van der Waals surface area contributed by atoms with Crippen molar-refractivity contribution in [1.82, 2.24) is 10.2 Å². The summed E-state index contributed by atoms with van der Waals surface area (Å²) >= 11 is 0. The number of nitrogens with zero attached hydrogens (tertiary/aromatic N) is 1. The molecule has 0 radical (unpaired) electrons. The third kappa shape index (κ3) is 6.95. The zero-order valence-corrected chi connectivity index (χ0v) is 14.8. The molecule has 0 unspecified atom stereocenters. The van der Waals surface area contributed by atoms with Crippen LogP contribution in [0.1, 0.15) is 25.0 Å². The van der Waals surface area contributed by atoms with E-state index in [2.05, 4.69) is 91.8 Å². The van der Waals surface area contributed by atoms with Gasteiger partial charge in [-0.05, 0) is 38.4 Å². The van der Waals surface area contributed by atoms with Gasteiger partial charge in [-0.1, -0.05) is 60.7 Å². The first-order chi connectivity index (χ1) is 11.1. The van der Waals surface area contributed by atoms with E-state index in [1.165, 1.54) is 17.7 Å². The molecule has 1 saturated heterocycles. The molecule has 0 aliphatic carbocycles. The van der Waals surface area contributed by atoms with Gasteiger partial charge in [0.25, 0.3) is 0 Å². The summed E-state index contributed by atoms with van der Waals surface area (Å²) in [5, 5.41) is 10.4. The van der Waals surface area contributed by atoms with Crippen molar-refractivity contribution in [2.75, 3.05) is 27.2 Å². The molecule has 1 fully saturated rings. The minimum Gasteiger partial charge on any atom is -0.400 e. The average Bonchev–Trinajstić information content (AvgIpc) is 2.89. The van der Waals surface area contributed by atoms with Crippen LogP contribution in [0.5, 0.6) is 0 Å². The normalized spacial score (nSPS) is 15.9. The Morgan fingerprint density at radius 1 is 0.913 bits per heavy atom. The van der Waals surface area contributed by atoms with Crippen LogP contribution in [0.2, 0.25) is 0 Å². The second kappa shape index (κ2) is 10.2. The first kappa shape index (κ1) is 19.4. The van der Waals surface area contributed by atoms with E-state index in [0.717, 1.165) is 20.1 Å². The first-order valence-electron chi connectivity index (χ1n) is 8.07. The van der Waals surface area contributed by atoms with Gasteiger partial charge in [-0.2, -0.15) is 0 Å². The van der Waals surface area contributed by atoms with Crippen molar-refractivity contribution < 1.29 is 5.11 Å². The summed E-state index contributed by atoms with van der Waals surface area (Å²) in [6, 6.07) is 21.1. The number of likely N-dealkylation sites (N-methyl/N-ethyl adjacent to an activating group) is 1. The highest BCUT2D eigenvalue weighted by Crippen LogP contribution is 2.11. The largest absolute Gasteiger partial charge is 0.400 e. The van der Waals surface area contributed by atoms with E-state index in [1.54, 1.807) is 0 Å². The Bertz CT molecular complexity index is 488. The van der Waals surface area contributed by atoms with Crippen molar-refractivity contribution in [1.29, 1.82) is 0 Å². The summed E-state index contributed by atoms with van der Waals surface area (Å²) in [4.78, 5) is 2.31. The van der Waals surface area contributed by atoms with Crippen LogP contribution in [0.25, 0.3) is 0 Å². The van der Waals surface area contributed by atoms with Crippen LogP contribution >= 0.6 is 0 Å². The number of rotatable bonds is 2. The second-order valence-electron chi connectivity index (χ2n) is 6.06. The van der Waals surface area contributed by atoms with E-state index in [4.69, 9.17) is 5.11 Å². The summed E-state index contributed by atoms with van der Waals surface area (Å²) in [6.07, 6.45) is 1.03. The van der Waals surface area contributed by atoms with Gasteiger partial charge in [-0.25, -0.2) is 0 Å². The van der Waals surface area contributed by atoms with Gasteiger partial charge in [0.1, 0.15) is 0 Å². The van der Waals surface area contributed by atoms with Gasteiger partial charge in [0.15, 0.2) is 0 Å². The molecule has 1 heterocycles. The quantitative estimate of drug-likeness (QED) is 0.894. The highest BCUT2D eigenvalue weighted by molar-refractivity contribution is 5.25. The summed E-state index contributed by atoms with van der Waals surface area (Å²) < 4.78 is 0. The molecule has 1 aliphatic rings. The molecular formula is C20H30N2O. The Labute approximate surface area is 141 Å². The molecule has 3 heteroatoms. The fraction of sp³-hybridized carbons (Fsp3) is 0.400. The van der Waals surface area contributed by atoms with E-state index in [0.29, 0.717) is 0 Å². The number of hydrogen-bond donors (Lipinski definition) is 2. The van der Waals surface area contributed by atoms with Crippen molar-refractivity contribution in [2.24, 2.45) is 0 Å². The van der Waals surface area contributed by atoms with Gasteiger partial charge < -0.3 is 5.11 Å². The molecule has 0 bridgehead atoms. The molecule has 2 aromatic rings. The summed E-state index contributed by atoms with van der Waals surface area (Å²) in [5.41, 5.74) is 2.97. The third-order valence-electron chi connectivity index (χ3n) is 4.05. The maximum atomic E-state index is 7.00. The smallest absolute Gasteiger partial charge is 0.0652 e. The Balaban J connectivity index is 0.000000228. The lowest BCUT2D eigenvalue weighted by molar-refractivity contribution is 0.197. The Hall–Kier alpha value is -1.68. The summed E-state index contributed by atoms with van der Waals surface area (Å²) in [6.45, 7) is 6.69. The lowest BCUT2D eigenvalue weighted by atomic mass is 10.1. The molecule has 23 heavy (non-hydrogen) atoms. The second-order valence-corrected chi connectivity index (χ2v) is 6.06. The van der Waals surface area contributed by atoms with Crippen molar-refractivity contribution in [3.8, 4) is 0 Å². The summed E-state index contributed by atoms with van der Waals surface area (Å²) in [7, 11) is 3.14. The van der Waals surface area contributed by atoms with E-state index in [1.807, 2.05) is 0 Å². The Kier molecular flexibility index (Phi) is 8.56. The van der Waals surface area contributed by atoms with Crippen LogP contribution in [0.3, 0.4) is 0 Å². The fourth-order valence-electron chi connectivity index (χ4n) is 2.37. The van der Waals surface area contributed by atoms with E-state index >= 15 is 0 Å². The minimum absolute atomic E-state index is 0.236. The van der Waals surface area contributed by atoms with Crippen LogP contribution < -0.4 is 5.32 Å². The molecule has 0 aromatic heterocycles. The molecule has 0 spiro atoms. The monoisotopic (exact) mass is 314 g/mol. The third-order valence-corrected chi connectivity index (χ3v) is 4.05. The van der Waals surface area contributed by atoms with E-state index in [9.17, 15) is 0 Å². The molecule has 3 rings (SSSR count). The molecule has 0 saturated carbocycles.